The Morgan fingerprint density at radius 2 is 0.556 bits per heavy atom. The molecular weight excluding hydrogens is 1100 g/mol. The number of unbranched alkanes of at least 4 members (excludes halogenated alkanes) is 63. The summed E-state index contributed by atoms with van der Waals surface area (Å²) in [6.07, 6.45) is 104. The van der Waals surface area contributed by atoms with E-state index in [0.717, 1.165) is 51.4 Å². The molecule has 0 aromatic rings. The van der Waals surface area contributed by atoms with E-state index in [9.17, 15) is 19.8 Å². The molecule has 0 radical (unpaired) electrons. The highest BCUT2D eigenvalue weighted by Gasteiger charge is 2.18. The van der Waals surface area contributed by atoms with Crippen molar-refractivity contribution in [1.29, 1.82) is 0 Å². The summed E-state index contributed by atoms with van der Waals surface area (Å²) in [6.45, 7) is 4.94. The van der Waals surface area contributed by atoms with E-state index in [2.05, 4.69) is 43.5 Å². The van der Waals surface area contributed by atoms with Gasteiger partial charge in [-0.3, -0.25) is 9.59 Å². The molecule has 0 heterocycles. The standard InChI is InChI=1S/C84H161NO5/c1-3-5-7-9-11-13-15-17-19-21-23-24-25-35-38-41-44-48-52-56-60-64-68-72-76-82(87)81(80-86)85-83(88)77-73-69-65-61-57-53-49-45-42-39-36-33-31-29-27-26-28-30-32-34-37-40-43-47-51-55-59-63-67-71-75-79-90-84(89)78-74-70-66-62-58-54-50-46-22-20-18-16-14-12-10-8-6-4-2/h14,16,20,22,72,76,81-82,86-87H,3-13,15,17-19,21,23-71,73-75,77-80H2,1-2H3,(H,85,88)/b16-14-,22-20-,76-72+. The predicted octanol–water partition coefficient (Wildman–Crippen LogP) is 27.4. The topological polar surface area (TPSA) is 95.9 Å². The summed E-state index contributed by atoms with van der Waals surface area (Å²) < 4.78 is 5.51. The van der Waals surface area contributed by atoms with Crippen LogP contribution < -0.4 is 5.32 Å². The van der Waals surface area contributed by atoms with Gasteiger partial charge in [-0.1, -0.05) is 423 Å². The number of carbonyl (C=O) groups excluding carboxylic acids is 2. The maximum absolute atomic E-state index is 12.6. The number of allylic oxidation sites excluding steroid dienone is 5. The zero-order chi connectivity index (χ0) is 64.9. The summed E-state index contributed by atoms with van der Waals surface area (Å²) in [5.74, 6) is -0.0446. The maximum Gasteiger partial charge on any atom is 0.305 e. The van der Waals surface area contributed by atoms with E-state index in [-0.39, 0.29) is 18.5 Å². The van der Waals surface area contributed by atoms with Gasteiger partial charge in [0, 0.05) is 12.8 Å². The Kier molecular flexibility index (Phi) is 77.8. The van der Waals surface area contributed by atoms with Crippen molar-refractivity contribution in [2.45, 2.75) is 475 Å². The average molecular weight is 1270 g/mol. The molecule has 0 rings (SSSR count). The van der Waals surface area contributed by atoms with Crippen molar-refractivity contribution in [3.05, 3.63) is 36.5 Å². The normalized spacial score (nSPS) is 12.6. The van der Waals surface area contributed by atoms with E-state index < -0.39 is 12.1 Å². The van der Waals surface area contributed by atoms with E-state index >= 15 is 0 Å². The van der Waals surface area contributed by atoms with Gasteiger partial charge in [0.15, 0.2) is 0 Å². The summed E-state index contributed by atoms with van der Waals surface area (Å²) in [5, 5.41) is 23.3. The lowest BCUT2D eigenvalue weighted by Gasteiger charge is -2.20. The quantitative estimate of drug-likeness (QED) is 0.0320. The molecule has 0 bridgehead atoms. The van der Waals surface area contributed by atoms with Crippen LogP contribution in [0.15, 0.2) is 36.5 Å². The number of nitrogens with one attached hydrogen (secondary N) is 1. The third-order valence-electron chi connectivity index (χ3n) is 19.4. The minimum Gasteiger partial charge on any atom is -0.466 e. The van der Waals surface area contributed by atoms with Crippen LogP contribution in [0, 0.1) is 0 Å². The molecule has 0 aliphatic carbocycles. The van der Waals surface area contributed by atoms with Crippen molar-refractivity contribution >= 4 is 11.9 Å². The Balaban J connectivity index is 3.35. The molecule has 0 saturated heterocycles. The number of amides is 1. The highest BCUT2D eigenvalue weighted by Crippen LogP contribution is 2.20. The first-order valence-electron chi connectivity index (χ1n) is 41.3. The SMILES string of the molecule is CCCCCC/C=C\C/C=C\CCCCCCCCCC(=O)OCCCCCCCCCCCCCCCCCCCCCCCCCCCCCCCCCC(=O)NC(CO)C(O)/C=C/CCCCCCCCCCCCCCCCCCCCCCCC. The summed E-state index contributed by atoms with van der Waals surface area (Å²) in [5.41, 5.74) is 0. The second-order valence-corrected chi connectivity index (χ2v) is 28.5. The predicted molar refractivity (Wildman–Crippen MR) is 398 cm³/mol. The van der Waals surface area contributed by atoms with E-state index in [1.54, 1.807) is 6.08 Å². The van der Waals surface area contributed by atoms with Crippen LogP contribution in [0.5, 0.6) is 0 Å². The van der Waals surface area contributed by atoms with Gasteiger partial charge in [0.2, 0.25) is 5.91 Å². The molecule has 0 aromatic carbocycles. The molecule has 1 amide bonds. The molecule has 6 heteroatoms. The molecule has 90 heavy (non-hydrogen) atoms. The molecule has 0 aliphatic heterocycles. The first-order valence-corrected chi connectivity index (χ1v) is 41.3. The number of rotatable bonds is 78. The van der Waals surface area contributed by atoms with Crippen molar-refractivity contribution in [2.24, 2.45) is 0 Å². The van der Waals surface area contributed by atoms with E-state index in [1.165, 1.54) is 385 Å². The lowest BCUT2D eigenvalue weighted by atomic mass is 10.0. The number of hydrogen-bond acceptors (Lipinski definition) is 5. The minimum atomic E-state index is -0.843. The van der Waals surface area contributed by atoms with Crippen molar-refractivity contribution in [3.8, 4) is 0 Å². The highest BCUT2D eigenvalue weighted by atomic mass is 16.5. The van der Waals surface area contributed by atoms with Crippen LogP contribution in [0.25, 0.3) is 0 Å². The zero-order valence-corrected chi connectivity index (χ0v) is 61.1. The van der Waals surface area contributed by atoms with Gasteiger partial charge in [0.1, 0.15) is 0 Å². The van der Waals surface area contributed by atoms with Gasteiger partial charge in [-0.15, -0.1) is 0 Å². The number of ether oxygens (including phenoxy) is 1. The van der Waals surface area contributed by atoms with Crippen molar-refractivity contribution < 1.29 is 24.5 Å². The molecule has 6 nitrogen and oxygen atoms in total. The molecule has 0 spiro atoms. The Labute approximate surface area is 564 Å². The Morgan fingerprint density at radius 1 is 0.311 bits per heavy atom. The number of esters is 1. The molecule has 0 aromatic heterocycles. The van der Waals surface area contributed by atoms with Gasteiger partial charge in [-0.25, -0.2) is 0 Å². The molecule has 2 atom stereocenters. The van der Waals surface area contributed by atoms with Crippen molar-refractivity contribution in [2.75, 3.05) is 13.2 Å². The fourth-order valence-electron chi connectivity index (χ4n) is 13.1. The molecule has 532 valence electrons. The number of aliphatic hydroxyl groups is 2. The van der Waals surface area contributed by atoms with Crippen LogP contribution in [-0.4, -0.2) is 47.4 Å². The van der Waals surface area contributed by atoms with Crippen molar-refractivity contribution in [1.82, 2.24) is 5.32 Å². The van der Waals surface area contributed by atoms with Crippen LogP contribution in [0.4, 0.5) is 0 Å². The van der Waals surface area contributed by atoms with Crippen LogP contribution in [-0.2, 0) is 14.3 Å². The Morgan fingerprint density at radius 3 is 0.856 bits per heavy atom. The third-order valence-corrected chi connectivity index (χ3v) is 19.4. The summed E-state index contributed by atoms with van der Waals surface area (Å²) in [7, 11) is 0. The van der Waals surface area contributed by atoms with Crippen LogP contribution >= 0.6 is 0 Å². The van der Waals surface area contributed by atoms with Crippen LogP contribution in [0.1, 0.15) is 463 Å². The smallest absolute Gasteiger partial charge is 0.305 e. The summed E-state index contributed by atoms with van der Waals surface area (Å²) in [6, 6.07) is -0.626. The summed E-state index contributed by atoms with van der Waals surface area (Å²) >= 11 is 0. The molecule has 0 aliphatic rings. The third kappa shape index (κ3) is 75.1. The minimum absolute atomic E-state index is 0.0139. The van der Waals surface area contributed by atoms with Crippen LogP contribution in [0.3, 0.4) is 0 Å². The van der Waals surface area contributed by atoms with Gasteiger partial charge < -0.3 is 20.3 Å². The highest BCUT2D eigenvalue weighted by molar-refractivity contribution is 5.76. The lowest BCUT2D eigenvalue weighted by molar-refractivity contribution is -0.143. The number of carbonyl (C=O) groups is 2. The number of hydrogen-bond donors (Lipinski definition) is 3. The van der Waals surface area contributed by atoms with E-state index in [0.29, 0.717) is 19.4 Å². The van der Waals surface area contributed by atoms with Gasteiger partial charge in [-0.2, -0.15) is 0 Å². The molecule has 0 fully saturated rings. The fourth-order valence-corrected chi connectivity index (χ4v) is 13.1. The zero-order valence-electron chi connectivity index (χ0n) is 61.1. The average Bonchev–Trinajstić information content (AvgIpc) is 3.72. The fraction of sp³-hybridized carbons (Fsp3) is 0.905. The number of aliphatic hydroxyl groups excluding tert-OH is 2. The van der Waals surface area contributed by atoms with Gasteiger partial charge in [0.05, 0.1) is 25.4 Å². The van der Waals surface area contributed by atoms with Gasteiger partial charge in [-0.05, 0) is 64.2 Å². The lowest BCUT2D eigenvalue weighted by Crippen LogP contribution is -2.45. The van der Waals surface area contributed by atoms with E-state index in [1.807, 2.05) is 6.08 Å². The first kappa shape index (κ1) is 88.1. The van der Waals surface area contributed by atoms with E-state index in [4.69, 9.17) is 4.74 Å². The first-order chi connectivity index (χ1) is 44.5. The Bertz CT molecular complexity index is 1460. The maximum atomic E-state index is 12.6. The molecule has 0 saturated carbocycles. The molecule has 2 unspecified atom stereocenters. The second-order valence-electron chi connectivity index (χ2n) is 28.5. The van der Waals surface area contributed by atoms with Gasteiger partial charge in [0.25, 0.3) is 0 Å². The van der Waals surface area contributed by atoms with Crippen LogP contribution in [0.2, 0.25) is 0 Å². The molecular formula is C84H161NO5. The second kappa shape index (κ2) is 79.5. The molecule has 3 N–H and O–H groups in total. The Hall–Kier alpha value is -1.92. The van der Waals surface area contributed by atoms with Gasteiger partial charge >= 0.3 is 5.97 Å². The largest absolute Gasteiger partial charge is 0.466 e. The monoisotopic (exact) mass is 1260 g/mol. The summed E-state index contributed by atoms with van der Waals surface area (Å²) in [4.78, 5) is 24.7. The van der Waals surface area contributed by atoms with Crippen molar-refractivity contribution in [3.63, 3.8) is 0 Å².